The molecular weight excluding hydrogens is 226 g/mol. The van der Waals surface area contributed by atoms with E-state index in [1.54, 1.807) is 0 Å². The molecular formula is C8H10F2N2O2S. The molecule has 4 nitrogen and oxygen atoms in total. The van der Waals surface area contributed by atoms with Crippen LogP contribution in [0, 0.1) is 0 Å². The molecule has 0 atom stereocenters. The highest BCUT2D eigenvalue weighted by Crippen LogP contribution is 2.17. The van der Waals surface area contributed by atoms with Crippen LogP contribution in [0.5, 0.6) is 0 Å². The lowest BCUT2D eigenvalue weighted by Gasteiger charge is -2.08. The minimum Gasteiger partial charge on any atom is -0.363 e. The van der Waals surface area contributed by atoms with Crippen LogP contribution in [-0.4, -0.2) is 32.6 Å². The van der Waals surface area contributed by atoms with Gasteiger partial charge in [-0.2, -0.15) is 0 Å². The van der Waals surface area contributed by atoms with Crippen LogP contribution in [0.4, 0.5) is 14.6 Å². The fourth-order valence-electron chi connectivity index (χ4n) is 0.996. The second-order valence-electron chi connectivity index (χ2n) is 2.89. The van der Waals surface area contributed by atoms with E-state index >= 15 is 0 Å². The van der Waals surface area contributed by atoms with E-state index in [0.717, 1.165) is 6.26 Å². The van der Waals surface area contributed by atoms with Crippen molar-refractivity contribution >= 4 is 15.7 Å². The number of hydrogen-bond acceptors (Lipinski definition) is 4. The molecule has 1 rings (SSSR count). The predicted octanol–water partition coefficient (Wildman–Crippen LogP) is 1.16. The number of alkyl halides is 2. The zero-order chi connectivity index (χ0) is 11.5. The van der Waals surface area contributed by atoms with Crippen LogP contribution in [0.15, 0.2) is 23.2 Å². The van der Waals surface area contributed by atoms with E-state index in [9.17, 15) is 17.2 Å². The van der Waals surface area contributed by atoms with Crippen LogP contribution in [0.25, 0.3) is 0 Å². The van der Waals surface area contributed by atoms with Gasteiger partial charge in [-0.3, -0.25) is 0 Å². The molecule has 0 aliphatic heterocycles. The Labute approximate surface area is 86.3 Å². The monoisotopic (exact) mass is 236 g/mol. The van der Waals surface area contributed by atoms with Crippen molar-refractivity contribution in [3.63, 3.8) is 0 Å². The van der Waals surface area contributed by atoms with E-state index in [4.69, 9.17) is 0 Å². The van der Waals surface area contributed by atoms with Crippen molar-refractivity contribution in [2.45, 2.75) is 11.3 Å². The summed E-state index contributed by atoms with van der Waals surface area (Å²) in [7, 11) is -3.45. The number of aromatic nitrogens is 1. The van der Waals surface area contributed by atoms with E-state index in [2.05, 4.69) is 10.3 Å². The van der Waals surface area contributed by atoms with Crippen LogP contribution in [0.2, 0.25) is 0 Å². The van der Waals surface area contributed by atoms with Crippen molar-refractivity contribution in [1.29, 1.82) is 0 Å². The Morgan fingerprint density at radius 3 is 2.73 bits per heavy atom. The van der Waals surface area contributed by atoms with Gasteiger partial charge in [-0.25, -0.2) is 22.2 Å². The maximum atomic E-state index is 11.9. The SMILES string of the molecule is CS(=O)(=O)c1cccnc1NCC(F)F. The third kappa shape index (κ3) is 3.43. The van der Waals surface area contributed by atoms with Crippen molar-refractivity contribution < 1.29 is 17.2 Å². The van der Waals surface area contributed by atoms with Gasteiger partial charge in [-0.15, -0.1) is 0 Å². The summed E-state index contributed by atoms with van der Waals surface area (Å²) in [6.07, 6.45) is -0.223. The highest BCUT2D eigenvalue weighted by molar-refractivity contribution is 7.90. The number of halogens is 2. The highest BCUT2D eigenvalue weighted by atomic mass is 32.2. The first-order chi connectivity index (χ1) is 6.91. The molecule has 1 aromatic rings. The zero-order valence-electron chi connectivity index (χ0n) is 7.94. The van der Waals surface area contributed by atoms with Gasteiger partial charge in [0.1, 0.15) is 10.7 Å². The molecule has 84 valence electrons. The lowest BCUT2D eigenvalue weighted by Crippen LogP contribution is -2.14. The number of rotatable bonds is 4. The molecule has 0 aromatic carbocycles. The van der Waals surface area contributed by atoms with Crippen molar-refractivity contribution in [2.24, 2.45) is 0 Å². The van der Waals surface area contributed by atoms with E-state index < -0.39 is 22.8 Å². The molecule has 15 heavy (non-hydrogen) atoms. The van der Waals surface area contributed by atoms with Crippen molar-refractivity contribution in [3.05, 3.63) is 18.3 Å². The maximum Gasteiger partial charge on any atom is 0.255 e. The topological polar surface area (TPSA) is 59.1 Å². The van der Waals surface area contributed by atoms with Crippen LogP contribution in [0.1, 0.15) is 0 Å². The van der Waals surface area contributed by atoms with E-state index in [1.807, 2.05) is 0 Å². The number of hydrogen-bond donors (Lipinski definition) is 1. The summed E-state index contributed by atoms with van der Waals surface area (Å²) in [5.74, 6) is -0.0414. The van der Waals surface area contributed by atoms with E-state index in [-0.39, 0.29) is 10.7 Å². The smallest absolute Gasteiger partial charge is 0.255 e. The van der Waals surface area contributed by atoms with Gasteiger partial charge in [0, 0.05) is 12.5 Å². The molecule has 0 unspecified atom stereocenters. The summed E-state index contributed by atoms with van der Waals surface area (Å²) in [5, 5.41) is 2.28. The average Bonchev–Trinajstić information content (AvgIpc) is 2.13. The summed E-state index contributed by atoms with van der Waals surface area (Å²) in [5.41, 5.74) is 0. The number of anilines is 1. The fraction of sp³-hybridized carbons (Fsp3) is 0.375. The van der Waals surface area contributed by atoms with Gasteiger partial charge >= 0.3 is 0 Å². The first-order valence-electron chi connectivity index (χ1n) is 4.08. The molecule has 1 heterocycles. The molecule has 0 saturated carbocycles. The average molecular weight is 236 g/mol. The third-order valence-electron chi connectivity index (χ3n) is 1.59. The maximum absolute atomic E-state index is 11.9. The number of pyridine rings is 1. The summed E-state index contributed by atoms with van der Waals surface area (Å²) >= 11 is 0. The molecule has 0 saturated heterocycles. The Kier molecular flexibility index (Phi) is 3.57. The number of nitrogens with zero attached hydrogens (tertiary/aromatic N) is 1. The van der Waals surface area contributed by atoms with Crippen molar-refractivity contribution in [2.75, 3.05) is 18.1 Å². The van der Waals surface area contributed by atoms with Gasteiger partial charge in [0.05, 0.1) is 6.54 Å². The number of nitrogens with one attached hydrogen (secondary N) is 1. The Morgan fingerprint density at radius 2 is 2.20 bits per heavy atom. The Balaban J connectivity index is 2.98. The second kappa shape index (κ2) is 4.52. The van der Waals surface area contributed by atoms with Crippen LogP contribution in [0.3, 0.4) is 0 Å². The number of sulfone groups is 1. The van der Waals surface area contributed by atoms with E-state index in [1.165, 1.54) is 18.3 Å². The molecule has 0 bridgehead atoms. The normalized spacial score (nSPS) is 11.7. The Morgan fingerprint density at radius 1 is 1.53 bits per heavy atom. The molecule has 0 spiro atoms. The van der Waals surface area contributed by atoms with Gasteiger partial charge in [-0.1, -0.05) is 0 Å². The lowest BCUT2D eigenvalue weighted by molar-refractivity contribution is 0.163. The second-order valence-corrected chi connectivity index (χ2v) is 4.88. The van der Waals surface area contributed by atoms with Gasteiger partial charge in [0.2, 0.25) is 0 Å². The molecule has 0 amide bonds. The Hall–Kier alpha value is -1.24. The zero-order valence-corrected chi connectivity index (χ0v) is 8.76. The minimum atomic E-state index is -3.45. The molecule has 1 N–H and O–H groups in total. The predicted molar refractivity (Wildman–Crippen MR) is 51.8 cm³/mol. The van der Waals surface area contributed by atoms with Gasteiger partial charge in [0.15, 0.2) is 9.84 Å². The molecule has 1 aromatic heterocycles. The fourth-order valence-corrected chi connectivity index (χ4v) is 1.80. The molecule has 0 aliphatic carbocycles. The van der Waals surface area contributed by atoms with Crippen molar-refractivity contribution in [3.8, 4) is 0 Å². The standard InChI is InChI=1S/C8H10F2N2O2S/c1-15(13,14)6-3-2-4-11-8(6)12-5-7(9)10/h2-4,7H,5H2,1H3,(H,11,12). The summed E-state index contributed by atoms with van der Waals surface area (Å²) in [6, 6.07) is 2.75. The molecule has 0 fully saturated rings. The third-order valence-corrected chi connectivity index (χ3v) is 2.72. The minimum absolute atomic E-state index is 0.0414. The first kappa shape index (κ1) is 11.8. The molecule has 7 heteroatoms. The molecule has 0 radical (unpaired) electrons. The van der Waals surface area contributed by atoms with Gasteiger partial charge in [0.25, 0.3) is 6.43 Å². The van der Waals surface area contributed by atoms with Crippen LogP contribution >= 0.6 is 0 Å². The van der Waals surface area contributed by atoms with Crippen LogP contribution in [-0.2, 0) is 9.84 Å². The highest BCUT2D eigenvalue weighted by Gasteiger charge is 2.14. The largest absolute Gasteiger partial charge is 0.363 e. The van der Waals surface area contributed by atoms with Crippen molar-refractivity contribution in [1.82, 2.24) is 4.98 Å². The first-order valence-corrected chi connectivity index (χ1v) is 5.97. The summed E-state index contributed by atoms with van der Waals surface area (Å²) in [6.45, 7) is -0.625. The molecule has 0 aliphatic rings. The summed E-state index contributed by atoms with van der Waals surface area (Å²) < 4.78 is 46.3. The lowest BCUT2D eigenvalue weighted by atomic mass is 10.4. The Bertz CT molecular complexity index is 434. The summed E-state index contributed by atoms with van der Waals surface area (Å²) in [4.78, 5) is 3.62. The van der Waals surface area contributed by atoms with Gasteiger partial charge in [-0.05, 0) is 12.1 Å². The van der Waals surface area contributed by atoms with E-state index in [0.29, 0.717) is 0 Å². The van der Waals surface area contributed by atoms with Crippen LogP contribution < -0.4 is 5.32 Å². The quantitative estimate of drug-likeness (QED) is 0.852. The van der Waals surface area contributed by atoms with Gasteiger partial charge < -0.3 is 5.32 Å².